The predicted molar refractivity (Wildman–Crippen MR) is 48.7 cm³/mol. The Balaban J connectivity index is 3.25. The van der Waals surface area contributed by atoms with Gasteiger partial charge in [0.05, 0.1) is 10.5 Å². The van der Waals surface area contributed by atoms with Crippen molar-refractivity contribution in [2.24, 2.45) is 0 Å². The van der Waals surface area contributed by atoms with Gasteiger partial charge in [-0.1, -0.05) is 6.07 Å². The number of benzene rings is 1. The van der Waals surface area contributed by atoms with Crippen molar-refractivity contribution >= 4 is 5.69 Å². The number of rotatable bonds is 4. The second kappa shape index (κ2) is 4.48. The zero-order chi connectivity index (χ0) is 12.3. The predicted octanol–water partition coefficient (Wildman–Crippen LogP) is 2.21. The first-order valence-electron chi connectivity index (χ1n) is 4.32. The highest BCUT2D eigenvalue weighted by Gasteiger charge is 2.36. The van der Waals surface area contributed by atoms with E-state index in [9.17, 15) is 23.3 Å². The molecule has 7 heteroatoms. The Morgan fingerprint density at radius 3 is 2.56 bits per heavy atom. The molecule has 0 aliphatic rings. The van der Waals surface area contributed by atoms with E-state index < -0.39 is 40.9 Å². The van der Waals surface area contributed by atoms with Crippen LogP contribution in [0.1, 0.15) is 12.0 Å². The number of halogens is 3. The summed E-state index contributed by atoms with van der Waals surface area (Å²) in [7, 11) is 0. The highest BCUT2D eigenvalue weighted by Crippen LogP contribution is 2.35. The Kier molecular flexibility index (Phi) is 3.48. The van der Waals surface area contributed by atoms with E-state index in [-0.39, 0.29) is 0 Å². The molecule has 0 unspecified atom stereocenters. The maximum atomic E-state index is 13.3. The lowest BCUT2D eigenvalue weighted by molar-refractivity contribution is -0.387. The first-order chi connectivity index (χ1) is 7.40. The molecule has 16 heavy (non-hydrogen) atoms. The maximum absolute atomic E-state index is 13.3. The van der Waals surface area contributed by atoms with E-state index in [4.69, 9.17) is 5.11 Å². The summed E-state index contributed by atoms with van der Waals surface area (Å²) < 4.78 is 39.8. The fraction of sp³-hybridized carbons (Fsp3) is 0.333. The molecular formula is C9H8F3NO3. The standard InChI is InChI=1S/C9H8F3NO3/c10-8-6(9(11,12)4-5-14)2-1-3-7(8)13(15)16/h1-3,14H,4-5H2. The first kappa shape index (κ1) is 12.4. The molecule has 0 fully saturated rings. The number of hydrogen-bond donors (Lipinski definition) is 1. The van der Waals surface area contributed by atoms with Crippen LogP contribution < -0.4 is 0 Å². The second-order valence-electron chi connectivity index (χ2n) is 3.07. The molecule has 1 aromatic carbocycles. The highest BCUT2D eigenvalue weighted by molar-refractivity contribution is 5.38. The van der Waals surface area contributed by atoms with Crippen LogP contribution in [0.5, 0.6) is 0 Å². The average Bonchev–Trinajstić information content (AvgIpc) is 2.17. The molecule has 0 atom stereocenters. The van der Waals surface area contributed by atoms with E-state index >= 15 is 0 Å². The fourth-order valence-corrected chi connectivity index (χ4v) is 1.22. The van der Waals surface area contributed by atoms with E-state index in [1.54, 1.807) is 0 Å². The molecule has 88 valence electrons. The van der Waals surface area contributed by atoms with Crippen molar-refractivity contribution in [3.63, 3.8) is 0 Å². The third kappa shape index (κ3) is 2.30. The van der Waals surface area contributed by atoms with Gasteiger partial charge < -0.3 is 5.11 Å². The lowest BCUT2D eigenvalue weighted by atomic mass is 10.0. The number of nitrogens with zero attached hydrogens (tertiary/aromatic N) is 1. The molecule has 0 bridgehead atoms. The third-order valence-corrected chi connectivity index (χ3v) is 1.99. The van der Waals surface area contributed by atoms with Crippen LogP contribution in [0, 0.1) is 15.9 Å². The highest BCUT2D eigenvalue weighted by atomic mass is 19.3. The quantitative estimate of drug-likeness (QED) is 0.642. The van der Waals surface area contributed by atoms with Crippen molar-refractivity contribution in [2.45, 2.75) is 12.3 Å². The summed E-state index contributed by atoms with van der Waals surface area (Å²) in [5.74, 6) is -5.18. The Hall–Kier alpha value is -1.63. The molecule has 0 spiro atoms. The molecule has 0 heterocycles. The van der Waals surface area contributed by atoms with Crippen molar-refractivity contribution in [3.05, 3.63) is 39.7 Å². The zero-order valence-corrected chi connectivity index (χ0v) is 7.99. The van der Waals surface area contributed by atoms with Gasteiger partial charge in [-0.25, -0.2) is 8.78 Å². The van der Waals surface area contributed by atoms with Crippen LogP contribution >= 0.6 is 0 Å². The first-order valence-corrected chi connectivity index (χ1v) is 4.32. The molecule has 0 aliphatic heterocycles. The Morgan fingerprint density at radius 2 is 2.06 bits per heavy atom. The van der Waals surface area contributed by atoms with Gasteiger partial charge in [0.1, 0.15) is 0 Å². The Labute approximate surface area is 88.5 Å². The van der Waals surface area contributed by atoms with Gasteiger partial charge in [0, 0.05) is 19.1 Å². The van der Waals surface area contributed by atoms with Crippen LogP contribution in [0.25, 0.3) is 0 Å². The van der Waals surface area contributed by atoms with Crippen molar-refractivity contribution in [3.8, 4) is 0 Å². The van der Waals surface area contributed by atoms with E-state index in [1.807, 2.05) is 0 Å². The van der Waals surface area contributed by atoms with Crippen LogP contribution in [-0.4, -0.2) is 16.6 Å². The molecule has 0 saturated carbocycles. The van der Waals surface area contributed by atoms with Crippen LogP contribution in [-0.2, 0) is 5.92 Å². The number of hydrogen-bond acceptors (Lipinski definition) is 3. The summed E-state index contributed by atoms with van der Waals surface area (Å²) in [4.78, 5) is 9.25. The number of aliphatic hydroxyl groups is 1. The number of nitro groups is 1. The lowest BCUT2D eigenvalue weighted by Crippen LogP contribution is -2.17. The zero-order valence-electron chi connectivity index (χ0n) is 7.99. The smallest absolute Gasteiger partial charge is 0.305 e. The Bertz CT molecular complexity index is 409. The molecule has 0 aromatic heterocycles. The number of alkyl halides is 2. The molecule has 1 N–H and O–H groups in total. The van der Waals surface area contributed by atoms with Crippen molar-refractivity contribution in [1.29, 1.82) is 0 Å². The SMILES string of the molecule is O=[N+]([O-])c1cccc(C(F)(F)CCO)c1F. The van der Waals surface area contributed by atoms with Crippen molar-refractivity contribution < 1.29 is 23.2 Å². The molecule has 0 radical (unpaired) electrons. The van der Waals surface area contributed by atoms with Gasteiger partial charge in [-0.05, 0) is 6.07 Å². The van der Waals surface area contributed by atoms with E-state index in [2.05, 4.69) is 0 Å². The van der Waals surface area contributed by atoms with Gasteiger partial charge >= 0.3 is 5.69 Å². The molecular weight excluding hydrogens is 227 g/mol. The van der Waals surface area contributed by atoms with Crippen LogP contribution in [0.15, 0.2) is 18.2 Å². The van der Waals surface area contributed by atoms with Gasteiger partial charge in [0.15, 0.2) is 0 Å². The van der Waals surface area contributed by atoms with Gasteiger partial charge in [0.2, 0.25) is 5.82 Å². The summed E-state index contributed by atoms with van der Waals surface area (Å²) in [5.41, 5.74) is -2.08. The molecule has 0 saturated heterocycles. The van der Waals surface area contributed by atoms with Gasteiger partial charge in [-0.2, -0.15) is 4.39 Å². The second-order valence-corrected chi connectivity index (χ2v) is 3.07. The molecule has 0 amide bonds. The largest absolute Gasteiger partial charge is 0.396 e. The van der Waals surface area contributed by atoms with Crippen LogP contribution in [0.4, 0.5) is 18.9 Å². The van der Waals surface area contributed by atoms with Crippen molar-refractivity contribution in [2.75, 3.05) is 6.61 Å². The van der Waals surface area contributed by atoms with E-state index in [1.165, 1.54) is 0 Å². The summed E-state index contributed by atoms with van der Waals surface area (Å²) in [6, 6.07) is 2.54. The lowest BCUT2D eigenvalue weighted by Gasteiger charge is -2.15. The molecule has 1 rings (SSSR count). The van der Waals surface area contributed by atoms with Crippen molar-refractivity contribution in [1.82, 2.24) is 0 Å². The van der Waals surface area contributed by atoms with E-state index in [0.29, 0.717) is 0 Å². The topological polar surface area (TPSA) is 63.4 Å². The molecule has 1 aromatic rings. The minimum Gasteiger partial charge on any atom is -0.396 e. The summed E-state index contributed by atoms with van der Waals surface area (Å²) >= 11 is 0. The maximum Gasteiger partial charge on any atom is 0.305 e. The normalized spacial score (nSPS) is 11.5. The summed E-state index contributed by atoms with van der Waals surface area (Å²) in [6.45, 7) is -0.838. The minimum absolute atomic E-state index is 0.762. The summed E-state index contributed by atoms with van der Waals surface area (Å²) in [5, 5.41) is 18.7. The van der Waals surface area contributed by atoms with Crippen LogP contribution in [0.2, 0.25) is 0 Å². The molecule has 0 aliphatic carbocycles. The van der Waals surface area contributed by atoms with Gasteiger partial charge in [-0.3, -0.25) is 10.1 Å². The number of nitro benzene ring substituents is 1. The third-order valence-electron chi connectivity index (χ3n) is 1.99. The molecule has 4 nitrogen and oxygen atoms in total. The van der Waals surface area contributed by atoms with Gasteiger partial charge in [0.25, 0.3) is 5.92 Å². The summed E-state index contributed by atoms with van der Waals surface area (Å²) in [6.07, 6.45) is -0.981. The van der Waals surface area contributed by atoms with Gasteiger partial charge in [-0.15, -0.1) is 0 Å². The monoisotopic (exact) mass is 235 g/mol. The number of aliphatic hydroxyl groups excluding tert-OH is 1. The van der Waals surface area contributed by atoms with E-state index in [0.717, 1.165) is 18.2 Å². The fourth-order valence-electron chi connectivity index (χ4n) is 1.22. The minimum atomic E-state index is -3.62. The Morgan fingerprint density at radius 1 is 1.44 bits per heavy atom. The average molecular weight is 235 g/mol. The van der Waals surface area contributed by atoms with Crippen LogP contribution in [0.3, 0.4) is 0 Å².